The van der Waals surface area contributed by atoms with E-state index in [0.29, 0.717) is 6.42 Å². The van der Waals surface area contributed by atoms with Crippen LogP contribution in [-0.2, 0) is 5.54 Å². The second kappa shape index (κ2) is 6.71. The highest BCUT2D eigenvalue weighted by molar-refractivity contribution is 5.33. The third-order valence-electron chi connectivity index (χ3n) is 3.17. The summed E-state index contributed by atoms with van der Waals surface area (Å²) in [5.74, 6) is -0.141. The van der Waals surface area contributed by atoms with Gasteiger partial charge in [0.05, 0.1) is 7.11 Å². The van der Waals surface area contributed by atoms with Gasteiger partial charge in [-0.3, -0.25) is 0 Å². The largest absolute Gasteiger partial charge is 0.494 e. The van der Waals surface area contributed by atoms with Crippen LogP contribution in [0.3, 0.4) is 0 Å². The number of halogens is 1. The molecule has 0 radical (unpaired) electrons. The third kappa shape index (κ3) is 3.43. The molecule has 1 atom stereocenters. The van der Waals surface area contributed by atoms with Crippen molar-refractivity contribution in [2.75, 3.05) is 20.3 Å². The van der Waals surface area contributed by atoms with Gasteiger partial charge in [-0.1, -0.05) is 13.0 Å². The Balaban J connectivity index is 3.01. The van der Waals surface area contributed by atoms with Gasteiger partial charge in [0.2, 0.25) is 0 Å². The van der Waals surface area contributed by atoms with E-state index in [-0.39, 0.29) is 18.2 Å². The van der Waals surface area contributed by atoms with E-state index in [0.717, 1.165) is 18.5 Å². The molecule has 0 aliphatic heterocycles. The minimum Gasteiger partial charge on any atom is -0.494 e. The maximum Gasteiger partial charge on any atom is 0.165 e. The summed E-state index contributed by atoms with van der Waals surface area (Å²) < 4.78 is 18.6. The average molecular weight is 255 g/mol. The van der Waals surface area contributed by atoms with E-state index >= 15 is 0 Å². The molecule has 0 fully saturated rings. The third-order valence-corrected chi connectivity index (χ3v) is 3.17. The van der Waals surface area contributed by atoms with E-state index in [4.69, 9.17) is 4.74 Å². The summed E-state index contributed by atoms with van der Waals surface area (Å²) in [6.07, 6.45) is 1.53. The fraction of sp³-hybridized carbons (Fsp3) is 0.571. The fourth-order valence-corrected chi connectivity index (χ4v) is 1.97. The number of aliphatic hydroxyl groups excluding tert-OH is 1. The molecule has 1 aromatic carbocycles. The zero-order chi connectivity index (χ0) is 13.6. The van der Waals surface area contributed by atoms with E-state index in [9.17, 15) is 9.50 Å². The van der Waals surface area contributed by atoms with Gasteiger partial charge in [0.25, 0.3) is 0 Å². The van der Waals surface area contributed by atoms with Crippen molar-refractivity contribution in [3.8, 4) is 5.75 Å². The molecular formula is C14H22FNO2. The van der Waals surface area contributed by atoms with Crippen molar-refractivity contribution in [2.24, 2.45) is 0 Å². The van der Waals surface area contributed by atoms with Crippen LogP contribution < -0.4 is 10.1 Å². The summed E-state index contributed by atoms with van der Waals surface area (Å²) in [4.78, 5) is 0. The Labute approximate surface area is 108 Å². The first-order chi connectivity index (χ1) is 8.57. The predicted octanol–water partition coefficient (Wildman–Crippen LogP) is 2.43. The van der Waals surface area contributed by atoms with Crippen LogP contribution in [0.5, 0.6) is 5.75 Å². The lowest BCUT2D eigenvalue weighted by atomic mass is 9.88. The SMILES string of the molecule is CCCNC(C)(CCO)c1ccc(OC)c(F)c1. The summed E-state index contributed by atoms with van der Waals surface area (Å²) in [5.41, 5.74) is 0.404. The van der Waals surface area contributed by atoms with Crippen LogP contribution in [0.4, 0.5) is 4.39 Å². The highest BCUT2D eigenvalue weighted by Crippen LogP contribution is 2.28. The molecular weight excluding hydrogens is 233 g/mol. The highest BCUT2D eigenvalue weighted by atomic mass is 19.1. The zero-order valence-corrected chi connectivity index (χ0v) is 11.3. The smallest absolute Gasteiger partial charge is 0.165 e. The summed E-state index contributed by atoms with van der Waals surface area (Å²) in [7, 11) is 1.44. The maximum atomic E-state index is 13.7. The van der Waals surface area contributed by atoms with Crippen molar-refractivity contribution >= 4 is 0 Å². The van der Waals surface area contributed by atoms with Gasteiger partial charge in [-0.2, -0.15) is 0 Å². The van der Waals surface area contributed by atoms with Crippen LogP contribution in [0, 0.1) is 5.82 Å². The molecule has 0 amide bonds. The number of nitrogens with one attached hydrogen (secondary N) is 1. The molecule has 0 aromatic heterocycles. The summed E-state index contributed by atoms with van der Waals surface area (Å²) in [6.45, 7) is 4.92. The first-order valence-corrected chi connectivity index (χ1v) is 6.27. The zero-order valence-electron chi connectivity index (χ0n) is 11.3. The lowest BCUT2D eigenvalue weighted by molar-refractivity contribution is 0.220. The quantitative estimate of drug-likeness (QED) is 0.786. The normalized spacial score (nSPS) is 14.3. The molecule has 0 aliphatic carbocycles. The van der Waals surface area contributed by atoms with Crippen molar-refractivity contribution in [3.63, 3.8) is 0 Å². The molecule has 2 N–H and O–H groups in total. The first-order valence-electron chi connectivity index (χ1n) is 6.27. The standard InChI is InChI=1S/C14H22FNO2/c1-4-8-16-14(2,7-9-17)11-5-6-13(18-3)12(15)10-11/h5-6,10,16-17H,4,7-9H2,1-3H3. The molecule has 0 spiro atoms. The van der Waals surface area contributed by atoms with Gasteiger partial charge in [-0.25, -0.2) is 4.39 Å². The Morgan fingerprint density at radius 1 is 1.44 bits per heavy atom. The number of hydrogen-bond acceptors (Lipinski definition) is 3. The summed E-state index contributed by atoms with van der Waals surface area (Å²) in [6, 6.07) is 4.92. The van der Waals surface area contributed by atoms with Crippen molar-refractivity contribution in [2.45, 2.75) is 32.2 Å². The number of aliphatic hydroxyl groups is 1. The fourth-order valence-electron chi connectivity index (χ4n) is 1.97. The van der Waals surface area contributed by atoms with Gasteiger partial charge < -0.3 is 15.2 Å². The number of rotatable bonds is 7. The molecule has 0 saturated heterocycles. The summed E-state index contributed by atoms with van der Waals surface area (Å²) >= 11 is 0. The van der Waals surface area contributed by atoms with Gasteiger partial charge in [0.1, 0.15) is 0 Å². The average Bonchev–Trinajstić information content (AvgIpc) is 2.36. The van der Waals surface area contributed by atoms with Gasteiger partial charge in [-0.05, 0) is 44.0 Å². The van der Waals surface area contributed by atoms with Crippen molar-refractivity contribution < 1.29 is 14.2 Å². The molecule has 0 bridgehead atoms. The van der Waals surface area contributed by atoms with Crippen LogP contribution in [0.1, 0.15) is 32.3 Å². The lowest BCUT2D eigenvalue weighted by Gasteiger charge is -2.31. The number of benzene rings is 1. The second-order valence-corrected chi connectivity index (χ2v) is 4.58. The van der Waals surface area contributed by atoms with E-state index in [1.54, 1.807) is 6.07 Å². The van der Waals surface area contributed by atoms with E-state index < -0.39 is 5.54 Å². The molecule has 0 aliphatic rings. The van der Waals surface area contributed by atoms with Gasteiger partial charge >= 0.3 is 0 Å². The Morgan fingerprint density at radius 2 is 2.17 bits per heavy atom. The lowest BCUT2D eigenvalue weighted by Crippen LogP contribution is -2.40. The number of ether oxygens (including phenoxy) is 1. The topological polar surface area (TPSA) is 41.5 Å². The maximum absolute atomic E-state index is 13.7. The van der Waals surface area contributed by atoms with E-state index in [1.807, 2.05) is 13.0 Å². The summed E-state index contributed by atoms with van der Waals surface area (Å²) in [5, 5.41) is 12.5. The molecule has 1 aromatic rings. The predicted molar refractivity (Wildman–Crippen MR) is 70.3 cm³/mol. The molecule has 1 rings (SSSR count). The second-order valence-electron chi connectivity index (χ2n) is 4.58. The van der Waals surface area contributed by atoms with Gasteiger partial charge in [-0.15, -0.1) is 0 Å². The molecule has 4 heteroatoms. The molecule has 0 heterocycles. The van der Waals surface area contributed by atoms with Crippen LogP contribution in [0.15, 0.2) is 18.2 Å². The first kappa shape index (κ1) is 14.9. The molecule has 0 saturated carbocycles. The van der Waals surface area contributed by atoms with Crippen molar-refractivity contribution in [1.82, 2.24) is 5.32 Å². The molecule has 3 nitrogen and oxygen atoms in total. The molecule has 1 unspecified atom stereocenters. The minimum absolute atomic E-state index is 0.0564. The van der Waals surface area contributed by atoms with Crippen LogP contribution in [0.25, 0.3) is 0 Å². The Bertz CT molecular complexity index is 384. The van der Waals surface area contributed by atoms with Crippen molar-refractivity contribution in [1.29, 1.82) is 0 Å². The van der Waals surface area contributed by atoms with E-state index in [2.05, 4.69) is 12.2 Å². The number of hydrogen-bond donors (Lipinski definition) is 2. The van der Waals surface area contributed by atoms with Crippen LogP contribution in [0.2, 0.25) is 0 Å². The van der Waals surface area contributed by atoms with Gasteiger partial charge in [0, 0.05) is 12.1 Å². The number of methoxy groups -OCH3 is 1. The monoisotopic (exact) mass is 255 g/mol. The van der Waals surface area contributed by atoms with Gasteiger partial charge in [0.15, 0.2) is 11.6 Å². The van der Waals surface area contributed by atoms with Crippen molar-refractivity contribution in [3.05, 3.63) is 29.6 Å². The Kier molecular flexibility index (Phi) is 5.56. The Morgan fingerprint density at radius 3 is 2.67 bits per heavy atom. The van der Waals surface area contributed by atoms with Crippen LogP contribution >= 0.6 is 0 Å². The highest BCUT2D eigenvalue weighted by Gasteiger charge is 2.26. The van der Waals surface area contributed by atoms with Crippen LogP contribution in [-0.4, -0.2) is 25.4 Å². The molecule has 102 valence electrons. The Hall–Kier alpha value is -1.13. The minimum atomic E-state index is -0.419. The molecule has 18 heavy (non-hydrogen) atoms. The van der Waals surface area contributed by atoms with E-state index in [1.165, 1.54) is 13.2 Å².